The smallest absolute Gasteiger partial charge is 0.162 e. The van der Waals surface area contributed by atoms with Gasteiger partial charge in [0.25, 0.3) is 0 Å². The number of nitrogens with one attached hydrogen (secondary N) is 1. The molecule has 1 unspecified atom stereocenters. The average Bonchev–Trinajstić information content (AvgIpc) is 2.46. The average molecular weight is 354 g/mol. The maximum atomic E-state index is 13.8. The Morgan fingerprint density at radius 1 is 1.00 bits per heavy atom. The van der Waals surface area contributed by atoms with Crippen LogP contribution in [0.2, 0.25) is 0 Å². The molecule has 2 rings (SSSR count). The topological polar surface area (TPSA) is 12.0 Å². The van der Waals surface area contributed by atoms with Gasteiger partial charge in [-0.1, -0.05) is 53.2 Å². The Balaban J connectivity index is 2.16. The highest BCUT2D eigenvalue weighted by Crippen LogP contribution is 2.20. The molecule has 4 heteroatoms. The van der Waals surface area contributed by atoms with Gasteiger partial charge >= 0.3 is 0 Å². The minimum absolute atomic E-state index is 0.0602. The lowest BCUT2D eigenvalue weighted by Gasteiger charge is -2.19. The van der Waals surface area contributed by atoms with Crippen LogP contribution < -0.4 is 5.32 Å². The van der Waals surface area contributed by atoms with Crippen LogP contribution in [0.3, 0.4) is 0 Å². The summed E-state index contributed by atoms with van der Waals surface area (Å²) in [6.07, 6.45) is 1.21. The van der Waals surface area contributed by atoms with Crippen molar-refractivity contribution in [3.05, 3.63) is 69.7 Å². The van der Waals surface area contributed by atoms with Crippen LogP contribution in [-0.2, 0) is 12.8 Å². The number of hydrogen-bond acceptors (Lipinski definition) is 1. The van der Waals surface area contributed by atoms with E-state index >= 15 is 0 Å². The largest absolute Gasteiger partial charge is 0.314 e. The van der Waals surface area contributed by atoms with Crippen LogP contribution in [0.15, 0.2) is 46.9 Å². The van der Waals surface area contributed by atoms with Crippen molar-refractivity contribution in [2.45, 2.75) is 25.8 Å². The molecule has 112 valence electrons. The lowest BCUT2D eigenvalue weighted by molar-refractivity contribution is 0.473. The number of likely N-dealkylation sites (N-methyl/N-ethyl adjacent to an activating group) is 1. The van der Waals surface area contributed by atoms with Crippen LogP contribution in [0, 0.1) is 11.6 Å². The zero-order valence-corrected chi connectivity index (χ0v) is 13.5. The monoisotopic (exact) mass is 353 g/mol. The maximum Gasteiger partial charge on any atom is 0.162 e. The van der Waals surface area contributed by atoms with E-state index in [1.807, 2.05) is 31.2 Å². The molecule has 0 radical (unpaired) electrons. The van der Waals surface area contributed by atoms with Crippen molar-refractivity contribution < 1.29 is 8.78 Å². The minimum atomic E-state index is -0.788. The molecule has 2 aromatic rings. The van der Waals surface area contributed by atoms with Crippen molar-refractivity contribution in [2.24, 2.45) is 0 Å². The first kappa shape index (κ1) is 16.1. The Kier molecular flexibility index (Phi) is 5.88. The second-order valence-corrected chi connectivity index (χ2v) is 5.82. The lowest BCUT2D eigenvalue weighted by atomic mass is 9.98. The van der Waals surface area contributed by atoms with Crippen LogP contribution in [0.4, 0.5) is 8.78 Å². The van der Waals surface area contributed by atoms with Crippen molar-refractivity contribution in [1.82, 2.24) is 5.32 Å². The van der Waals surface area contributed by atoms with Crippen molar-refractivity contribution in [3.8, 4) is 0 Å². The summed E-state index contributed by atoms with van der Waals surface area (Å²) < 4.78 is 28.1. The molecule has 0 bridgehead atoms. The molecule has 0 heterocycles. The highest BCUT2D eigenvalue weighted by molar-refractivity contribution is 9.10. The van der Waals surface area contributed by atoms with Gasteiger partial charge in [0.2, 0.25) is 0 Å². The first-order valence-corrected chi connectivity index (χ1v) is 7.80. The molecule has 0 saturated carbocycles. The summed E-state index contributed by atoms with van der Waals surface area (Å²) in [4.78, 5) is 0. The zero-order chi connectivity index (χ0) is 15.2. The number of hydrogen-bond donors (Lipinski definition) is 1. The molecule has 0 aliphatic carbocycles. The molecule has 0 aliphatic heterocycles. The van der Waals surface area contributed by atoms with Crippen molar-refractivity contribution in [1.29, 1.82) is 0 Å². The number of rotatable bonds is 6. The summed E-state index contributed by atoms with van der Waals surface area (Å²) in [5.41, 5.74) is 1.56. The van der Waals surface area contributed by atoms with Crippen molar-refractivity contribution in [2.75, 3.05) is 6.54 Å². The second-order valence-electron chi connectivity index (χ2n) is 4.97. The molecule has 0 fully saturated rings. The fourth-order valence-electron chi connectivity index (χ4n) is 2.41. The number of halogens is 3. The van der Waals surface area contributed by atoms with Crippen LogP contribution in [-0.4, -0.2) is 12.6 Å². The Morgan fingerprint density at radius 2 is 1.67 bits per heavy atom. The van der Waals surface area contributed by atoms with Gasteiger partial charge in [-0.3, -0.25) is 0 Å². The Morgan fingerprint density at radius 3 is 2.38 bits per heavy atom. The summed E-state index contributed by atoms with van der Waals surface area (Å²) in [5.74, 6) is -1.53. The molecule has 0 amide bonds. The molecular formula is C17H18BrF2N. The Bertz CT molecular complexity index is 601. The van der Waals surface area contributed by atoms with Crippen LogP contribution in [0.25, 0.3) is 0 Å². The van der Waals surface area contributed by atoms with E-state index in [0.717, 1.165) is 29.1 Å². The predicted octanol–water partition coefficient (Wildman–Crippen LogP) is 4.49. The standard InChI is InChI=1S/C17H18BrF2N/c1-2-21-14(10-12-6-3-4-8-15(12)18)11-13-7-5-9-16(19)17(13)20/h3-9,14,21H,2,10-11H2,1H3. The van der Waals surface area contributed by atoms with E-state index in [1.54, 1.807) is 12.1 Å². The second kappa shape index (κ2) is 7.66. The summed E-state index contributed by atoms with van der Waals surface area (Å²) in [5, 5.41) is 3.34. The van der Waals surface area contributed by atoms with E-state index in [4.69, 9.17) is 0 Å². The zero-order valence-electron chi connectivity index (χ0n) is 11.9. The van der Waals surface area contributed by atoms with Gasteiger partial charge in [-0.05, 0) is 42.6 Å². The highest BCUT2D eigenvalue weighted by atomic mass is 79.9. The first-order chi connectivity index (χ1) is 10.1. The minimum Gasteiger partial charge on any atom is -0.314 e. The van der Waals surface area contributed by atoms with Crippen LogP contribution in [0.5, 0.6) is 0 Å². The number of benzene rings is 2. The molecule has 0 spiro atoms. The van der Waals surface area contributed by atoms with Crippen molar-refractivity contribution in [3.63, 3.8) is 0 Å². The molecule has 1 N–H and O–H groups in total. The molecular weight excluding hydrogens is 336 g/mol. The summed E-state index contributed by atoms with van der Waals surface area (Å²) in [6, 6.07) is 12.4. The van der Waals surface area contributed by atoms with Gasteiger partial charge in [0.15, 0.2) is 11.6 Å². The van der Waals surface area contributed by atoms with Gasteiger partial charge in [-0.2, -0.15) is 0 Å². The third kappa shape index (κ3) is 4.35. The van der Waals surface area contributed by atoms with E-state index in [0.29, 0.717) is 12.0 Å². The third-order valence-corrected chi connectivity index (χ3v) is 4.19. The van der Waals surface area contributed by atoms with Gasteiger partial charge in [0.05, 0.1) is 0 Å². The van der Waals surface area contributed by atoms with Crippen LogP contribution >= 0.6 is 15.9 Å². The molecule has 0 aliphatic rings. The highest BCUT2D eigenvalue weighted by Gasteiger charge is 2.15. The predicted molar refractivity (Wildman–Crippen MR) is 85.4 cm³/mol. The van der Waals surface area contributed by atoms with E-state index in [9.17, 15) is 8.78 Å². The third-order valence-electron chi connectivity index (χ3n) is 3.41. The Labute approximate surface area is 132 Å². The Hall–Kier alpha value is -1.26. The quantitative estimate of drug-likeness (QED) is 0.806. The normalized spacial score (nSPS) is 12.4. The van der Waals surface area contributed by atoms with Gasteiger partial charge in [0, 0.05) is 10.5 Å². The van der Waals surface area contributed by atoms with E-state index in [2.05, 4.69) is 21.2 Å². The summed E-state index contributed by atoms with van der Waals surface area (Å²) in [6.45, 7) is 2.79. The molecule has 1 atom stereocenters. The summed E-state index contributed by atoms with van der Waals surface area (Å²) in [7, 11) is 0. The first-order valence-electron chi connectivity index (χ1n) is 7.01. The fourth-order valence-corrected chi connectivity index (χ4v) is 2.85. The molecule has 0 saturated heterocycles. The summed E-state index contributed by atoms with van der Waals surface area (Å²) >= 11 is 3.53. The molecule has 1 nitrogen and oxygen atoms in total. The molecule has 21 heavy (non-hydrogen) atoms. The van der Waals surface area contributed by atoms with E-state index in [1.165, 1.54) is 0 Å². The van der Waals surface area contributed by atoms with E-state index < -0.39 is 11.6 Å². The van der Waals surface area contributed by atoms with Crippen molar-refractivity contribution >= 4 is 15.9 Å². The fraction of sp³-hybridized carbons (Fsp3) is 0.294. The maximum absolute atomic E-state index is 13.8. The van der Waals surface area contributed by atoms with E-state index in [-0.39, 0.29) is 6.04 Å². The molecule has 2 aromatic carbocycles. The van der Waals surface area contributed by atoms with Crippen LogP contribution in [0.1, 0.15) is 18.1 Å². The van der Waals surface area contributed by atoms with Gasteiger partial charge in [0.1, 0.15) is 0 Å². The SMILES string of the molecule is CCNC(Cc1ccccc1Br)Cc1cccc(F)c1F. The van der Waals surface area contributed by atoms with Gasteiger partial charge in [-0.15, -0.1) is 0 Å². The molecule has 0 aromatic heterocycles. The lowest BCUT2D eigenvalue weighted by Crippen LogP contribution is -2.33. The van der Waals surface area contributed by atoms with Gasteiger partial charge < -0.3 is 5.32 Å². The van der Waals surface area contributed by atoms with Gasteiger partial charge in [-0.25, -0.2) is 8.78 Å².